The normalized spacial score (nSPS) is 19.0. The van der Waals surface area contributed by atoms with Crippen LogP contribution in [0.25, 0.3) is 0 Å². The molecule has 1 heterocycles. The van der Waals surface area contributed by atoms with Crippen molar-refractivity contribution in [2.24, 2.45) is 0 Å². The lowest BCUT2D eigenvalue weighted by molar-refractivity contribution is -0.233. The zero-order chi connectivity index (χ0) is 16.3. The van der Waals surface area contributed by atoms with Crippen molar-refractivity contribution in [1.82, 2.24) is 4.90 Å². The van der Waals surface area contributed by atoms with Crippen molar-refractivity contribution in [1.29, 1.82) is 0 Å². The third kappa shape index (κ3) is 3.27. The molecule has 5 nitrogen and oxygen atoms in total. The van der Waals surface area contributed by atoms with Gasteiger partial charge in [-0.3, -0.25) is 4.79 Å². The first-order valence-corrected chi connectivity index (χ1v) is 6.57. The summed E-state index contributed by atoms with van der Waals surface area (Å²) in [6.45, 7) is -0.649. The van der Waals surface area contributed by atoms with Gasteiger partial charge in [-0.2, -0.15) is 13.2 Å². The van der Waals surface area contributed by atoms with Gasteiger partial charge in [-0.25, -0.2) is 0 Å². The van der Waals surface area contributed by atoms with Gasteiger partial charge in [0.1, 0.15) is 17.1 Å². The van der Waals surface area contributed by atoms with Gasteiger partial charge in [0.15, 0.2) is 6.10 Å². The number of carbonyl (C=O) groups excluding carboxylic acids is 1. The highest BCUT2D eigenvalue weighted by molar-refractivity contribution is 5.99. The summed E-state index contributed by atoms with van der Waals surface area (Å²) in [5, 5.41) is 0. The van der Waals surface area contributed by atoms with Crippen molar-refractivity contribution in [3.05, 3.63) is 23.8 Å². The van der Waals surface area contributed by atoms with Crippen LogP contribution in [0.3, 0.4) is 0 Å². The molecule has 0 bridgehead atoms. The van der Waals surface area contributed by atoms with E-state index in [1.807, 2.05) is 0 Å². The predicted molar refractivity (Wildman–Crippen MR) is 71.2 cm³/mol. The lowest BCUT2D eigenvalue weighted by Crippen LogP contribution is -2.51. The van der Waals surface area contributed by atoms with Crippen LogP contribution in [0.5, 0.6) is 11.5 Å². The highest BCUT2D eigenvalue weighted by Crippen LogP contribution is 2.31. The number of morpholine rings is 1. The fourth-order valence-corrected chi connectivity index (χ4v) is 2.25. The van der Waals surface area contributed by atoms with Crippen LogP contribution in [0.4, 0.5) is 13.2 Å². The summed E-state index contributed by atoms with van der Waals surface area (Å²) in [7, 11) is 2.76. The second kappa shape index (κ2) is 6.43. The number of hydrogen-bond acceptors (Lipinski definition) is 4. The SMILES string of the molecule is COc1cccc(OC)c1C(=O)N1CCO[C@@H](C(F)(F)F)C1. The third-order valence-corrected chi connectivity index (χ3v) is 3.36. The molecule has 0 saturated carbocycles. The quantitative estimate of drug-likeness (QED) is 0.856. The van der Waals surface area contributed by atoms with Crippen molar-refractivity contribution in [3.63, 3.8) is 0 Å². The van der Waals surface area contributed by atoms with Gasteiger partial charge in [0.05, 0.1) is 27.4 Å². The molecule has 1 aliphatic heterocycles. The lowest BCUT2D eigenvalue weighted by atomic mass is 10.1. The van der Waals surface area contributed by atoms with Crippen LogP contribution in [0.15, 0.2) is 18.2 Å². The van der Waals surface area contributed by atoms with E-state index in [-0.39, 0.29) is 30.2 Å². The topological polar surface area (TPSA) is 48.0 Å². The summed E-state index contributed by atoms with van der Waals surface area (Å²) >= 11 is 0. The van der Waals surface area contributed by atoms with E-state index in [4.69, 9.17) is 14.2 Å². The molecular weight excluding hydrogens is 303 g/mol. The van der Waals surface area contributed by atoms with Crippen LogP contribution in [-0.4, -0.2) is 57.0 Å². The minimum Gasteiger partial charge on any atom is -0.496 e. The third-order valence-electron chi connectivity index (χ3n) is 3.36. The van der Waals surface area contributed by atoms with Crippen LogP contribution in [0, 0.1) is 0 Å². The van der Waals surface area contributed by atoms with Crippen LogP contribution >= 0.6 is 0 Å². The van der Waals surface area contributed by atoms with E-state index in [0.717, 1.165) is 4.90 Å². The molecule has 1 amide bonds. The minimum absolute atomic E-state index is 0.0760. The van der Waals surface area contributed by atoms with Crippen LogP contribution in [-0.2, 0) is 4.74 Å². The van der Waals surface area contributed by atoms with Crippen molar-refractivity contribution < 1.29 is 32.2 Å². The number of halogens is 3. The highest BCUT2D eigenvalue weighted by atomic mass is 19.4. The molecule has 0 radical (unpaired) electrons. The molecule has 0 unspecified atom stereocenters. The number of rotatable bonds is 3. The number of methoxy groups -OCH3 is 2. The molecule has 8 heteroatoms. The molecule has 0 aromatic heterocycles. The lowest BCUT2D eigenvalue weighted by Gasteiger charge is -2.34. The first-order valence-electron chi connectivity index (χ1n) is 6.57. The Morgan fingerprint density at radius 2 is 1.86 bits per heavy atom. The molecule has 2 rings (SSSR count). The second-order valence-electron chi connectivity index (χ2n) is 4.69. The highest BCUT2D eigenvalue weighted by Gasteiger charge is 2.44. The summed E-state index contributed by atoms with van der Waals surface area (Å²) < 4.78 is 53.2. The molecule has 1 fully saturated rings. The molecule has 1 aromatic carbocycles. The molecule has 0 N–H and O–H groups in total. The van der Waals surface area contributed by atoms with E-state index in [1.54, 1.807) is 18.2 Å². The van der Waals surface area contributed by atoms with Crippen molar-refractivity contribution in [2.75, 3.05) is 33.9 Å². The Bertz CT molecular complexity index is 525. The Labute approximate surface area is 125 Å². The average Bonchev–Trinajstić information content (AvgIpc) is 2.52. The van der Waals surface area contributed by atoms with Gasteiger partial charge in [0.2, 0.25) is 0 Å². The molecule has 0 aliphatic carbocycles. The molecule has 1 atom stereocenters. The Balaban J connectivity index is 2.28. The molecule has 22 heavy (non-hydrogen) atoms. The molecule has 0 spiro atoms. The number of hydrogen-bond donors (Lipinski definition) is 0. The smallest absolute Gasteiger partial charge is 0.416 e. The van der Waals surface area contributed by atoms with Crippen molar-refractivity contribution in [2.45, 2.75) is 12.3 Å². The van der Waals surface area contributed by atoms with Crippen LogP contribution in [0.1, 0.15) is 10.4 Å². The fourth-order valence-electron chi connectivity index (χ4n) is 2.25. The van der Waals surface area contributed by atoms with Gasteiger partial charge in [-0.15, -0.1) is 0 Å². The minimum atomic E-state index is -4.51. The maximum Gasteiger partial charge on any atom is 0.416 e. The first kappa shape index (κ1) is 16.4. The summed E-state index contributed by atoms with van der Waals surface area (Å²) in [6, 6.07) is 4.74. The van der Waals surface area contributed by atoms with E-state index in [2.05, 4.69) is 0 Å². The first-order chi connectivity index (χ1) is 10.4. The standard InChI is InChI=1S/C14H16F3NO4/c1-20-9-4-3-5-10(21-2)12(9)13(19)18-6-7-22-11(8-18)14(15,16)17/h3-5,11H,6-8H2,1-2H3/t11-/m1/s1. The number of ether oxygens (including phenoxy) is 3. The van der Waals surface area contributed by atoms with E-state index in [9.17, 15) is 18.0 Å². The van der Waals surface area contributed by atoms with Crippen molar-refractivity contribution in [3.8, 4) is 11.5 Å². The molecule has 1 aliphatic rings. The maximum atomic E-state index is 12.8. The summed E-state index contributed by atoms with van der Waals surface area (Å²) in [6.07, 6.45) is -6.49. The van der Waals surface area contributed by atoms with Gasteiger partial charge in [0, 0.05) is 6.54 Å². The van der Waals surface area contributed by atoms with E-state index in [1.165, 1.54) is 14.2 Å². The largest absolute Gasteiger partial charge is 0.496 e. The Morgan fingerprint density at radius 1 is 1.27 bits per heavy atom. The van der Waals surface area contributed by atoms with Gasteiger partial charge in [-0.05, 0) is 12.1 Å². The van der Waals surface area contributed by atoms with Crippen molar-refractivity contribution >= 4 is 5.91 Å². The number of amides is 1. The second-order valence-corrected chi connectivity index (χ2v) is 4.69. The number of nitrogens with zero attached hydrogens (tertiary/aromatic N) is 1. The number of alkyl halides is 3. The fraction of sp³-hybridized carbons (Fsp3) is 0.500. The average molecular weight is 319 g/mol. The Hall–Kier alpha value is -1.96. The molecule has 122 valence electrons. The van der Waals surface area contributed by atoms with Crippen LogP contribution in [0.2, 0.25) is 0 Å². The van der Waals surface area contributed by atoms with Crippen LogP contribution < -0.4 is 9.47 Å². The summed E-state index contributed by atoms with van der Waals surface area (Å²) in [5.41, 5.74) is 0.107. The summed E-state index contributed by atoms with van der Waals surface area (Å²) in [4.78, 5) is 13.7. The van der Waals surface area contributed by atoms with E-state index >= 15 is 0 Å². The van der Waals surface area contributed by atoms with E-state index < -0.39 is 24.7 Å². The van der Waals surface area contributed by atoms with Gasteiger partial charge < -0.3 is 19.1 Å². The number of carbonyl (C=O) groups is 1. The molecule has 1 saturated heterocycles. The predicted octanol–water partition coefficient (Wildman–Crippen LogP) is 2.11. The zero-order valence-corrected chi connectivity index (χ0v) is 12.1. The van der Waals surface area contributed by atoms with Gasteiger partial charge >= 0.3 is 6.18 Å². The molecule has 1 aromatic rings. The van der Waals surface area contributed by atoms with Gasteiger partial charge in [0.25, 0.3) is 5.91 Å². The monoisotopic (exact) mass is 319 g/mol. The summed E-state index contributed by atoms with van der Waals surface area (Å²) in [5.74, 6) is -0.0781. The Morgan fingerprint density at radius 3 is 2.36 bits per heavy atom. The van der Waals surface area contributed by atoms with Gasteiger partial charge in [-0.1, -0.05) is 6.07 Å². The zero-order valence-electron chi connectivity index (χ0n) is 12.1. The molecular formula is C14H16F3NO4. The Kier molecular flexibility index (Phi) is 4.80. The number of benzene rings is 1. The van der Waals surface area contributed by atoms with E-state index in [0.29, 0.717) is 0 Å². The maximum absolute atomic E-state index is 12.8.